The highest BCUT2D eigenvalue weighted by Crippen LogP contribution is 2.25. The number of hydrogen-bond donors (Lipinski definition) is 2. The zero-order valence-corrected chi connectivity index (χ0v) is 9.99. The van der Waals surface area contributed by atoms with Gasteiger partial charge in [0.05, 0.1) is 5.56 Å². The summed E-state index contributed by atoms with van der Waals surface area (Å²) in [4.78, 5) is 12.1. The van der Waals surface area contributed by atoms with E-state index < -0.39 is 23.2 Å². The van der Waals surface area contributed by atoms with Gasteiger partial charge in [0, 0.05) is 19.7 Å². The van der Waals surface area contributed by atoms with Gasteiger partial charge in [-0.25, -0.2) is 13.6 Å². The van der Waals surface area contributed by atoms with Crippen LogP contribution >= 0.6 is 0 Å². The molecule has 1 aromatic carbocycles. The van der Waals surface area contributed by atoms with Gasteiger partial charge >= 0.3 is 5.97 Å². The molecule has 0 aliphatic carbocycles. The van der Waals surface area contributed by atoms with Gasteiger partial charge in [-0.1, -0.05) is 0 Å². The fourth-order valence-corrected chi connectivity index (χ4v) is 1.68. The highest BCUT2D eigenvalue weighted by molar-refractivity contribution is 5.88. The number of aromatic carboxylic acids is 1. The van der Waals surface area contributed by atoms with Gasteiger partial charge in [0.15, 0.2) is 0 Å². The van der Waals surface area contributed by atoms with Crippen molar-refractivity contribution < 1.29 is 23.8 Å². The first kappa shape index (κ1) is 14.4. The standard InChI is InChI=1S/C12H15F2NO3/c1-2-15(4-3-5-16)11-9(13)6-8(12(17)18)7-10(11)14/h6-7,16H,2-5H2,1H3,(H,17,18). The van der Waals surface area contributed by atoms with E-state index >= 15 is 0 Å². The monoisotopic (exact) mass is 259 g/mol. The Morgan fingerprint density at radius 2 is 1.89 bits per heavy atom. The predicted molar refractivity (Wildman–Crippen MR) is 62.9 cm³/mol. The highest BCUT2D eigenvalue weighted by atomic mass is 19.1. The van der Waals surface area contributed by atoms with Crippen LogP contribution in [0.5, 0.6) is 0 Å². The zero-order chi connectivity index (χ0) is 13.7. The van der Waals surface area contributed by atoms with E-state index in [1.165, 1.54) is 4.90 Å². The normalized spacial score (nSPS) is 10.4. The summed E-state index contributed by atoms with van der Waals surface area (Å²) < 4.78 is 27.5. The lowest BCUT2D eigenvalue weighted by atomic mass is 10.1. The molecule has 0 aromatic heterocycles. The van der Waals surface area contributed by atoms with Gasteiger partial charge < -0.3 is 15.1 Å². The molecule has 0 aliphatic heterocycles. The van der Waals surface area contributed by atoms with Crippen LogP contribution in [0.25, 0.3) is 0 Å². The zero-order valence-electron chi connectivity index (χ0n) is 9.99. The molecule has 1 aromatic rings. The van der Waals surface area contributed by atoms with Crippen molar-refractivity contribution in [1.82, 2.24) is 0 Å². The number of anilines is 1. The number of carboxylic acid groups (broad SMARTS) is 1. The van der Waals surface area contributed by atoms with Gasteiger partial charge in [0.2, 0.25) is 0 Å². The molecule has 0 saturated heterocycles. The van der Waals surface area contributed by atoms with Crippen LogP contribution in [-0.4, -0.2) is 35.9 Å². The van der Waals surface area contributed by atoms with Crippen LogP contribution in [0.3, 0.4) is 0 Å². The van der Waals surface area contributed by atoms with Gasteiger partial charge in [0.1, 0.15) is 17.3 Å². The summed E-state index contributed by atoms with van der Waals surface area (Å²) in [5.41, 5.74) is -0.678. The van der Waals surface area contributed by atoms with Crippen molar-refractivity contribution in [3.05, 3.63) is 29.3 Å². The smallest absolute Gasteiger partial charge is 0.335 e. The van der Waals surface area contributed by atoms with Crippen molar-refractivity contribution in [1.29, 1.82) is 0 Å². The summed E-state index contributed by atoms with van der Waals surface area (Å²) >= 11 is 0. The van der Waals surface area contributed by atoms with Gasteiger partial charge in [-0.2, -0.15) is 0 Å². The van der Waals surface area contributed by atoms with E-state index in [0.29, 0.717) is 19.5 Å². The summed E-state index contributed by atoms with van der Waals surface area (Å²) in [6.45, 7) is 2.31. The van der Waals surface area contributed by atoms with E-state index in [-0.39, 0.29) is 12.3 Å². The second kappa shape index (κ2) is 6.30. The lowest BCUT2D eigenvalue weighted by molar-refractivity contribution is 0.0695. The van der Waals surface area contributed by atoms with E-state index in [1.54, 1.807) is 6.92 Å². The molecular formula is C12H15F2NO3. The molecule has 6 heteroatoms. The summed E-state index contributed by atoms with van der Waals surface area (Å²) in [7, 11) is 0. The maximum absolute atomic E-state index is 13.7. The SMILES string of the molecule is CCN(CCCO)c1c(F)cc(C(=O)O)cc1F. The molecule has 1 rings (SSSR count). The minimum Gasteiger partial charge on any atom is -0.478 e. The van der Waals surface area contributed by atoms with Crippen LogP contribution in [-0.2, 0) is 0 Å². The number of aliphatic hydroxyl groups is 1. The molecule has 0 atom stereocenters. The third-order valence-corrected chi connectivity index (χ3v) is 2.55. The van der Waals surface area contributed by atoms with Crippen LogP contribution < -0.4 is 4.90 Å². The number of carboxylic acids is 1. The van der Waals surface area contributed by atoms with Crippen LogP contribution in [0.15, 0.2) is 12.1 Å². The number of halogens is 2. The summed E-state index contributed by atoms with van der Waals surface area (Å²) in [6.07, 6.45) is 0.382. The third-order valence-electron chi connectivity index (χ3n) is 2.55. The molecule has 0 amide bonds. The Labute approximate surface area is 103 Å². The Morgan fingerprint density at radius 3 is 2.28 bits per heavy atom. The van der Waals surface area contributed by atoms with Gasteiger partial charge in [-0.3, -0.25) is 0 Å². The van der Waals surface area contributed by atoms with Gasteiger partial charge in [0.25, 0.3) is 0 Å². The van der Waals surface area contributed by atoms with Crippen molar-refractivity contribution in [2.24, 2.45) is 0 Å². The Balaban J connectivity index is 3.11. The minimum absolute atomic E-state index is 0.0764. The number of aliphatic hydroxyl groups excluding tert-OH is 1. The first-order valence-corrected chi connectivity index (χ1v) is 5.59. The topological polar surface area (TPSA) is 60.8 Å². The highest BCUT2D eigenvalue weighted by Gasteiger charge is 2.18. The number of rotatable bonds is 6. The molecule has 0 saturated carbocycles. The Morgan fingerprint density at radius 1 is 1.33 bits per heavy atom. The molecule has 0 aliphatic rings. The average Bonchev–Trinajstić information content (AvgIpc) is 2.32. The maximum Gasteiger partial charge on any atom is 0.335 e. The molecule has 0 spiro atoms. The molecule has 0 radical (unpaired) electrons. The van der Waals surface area contributed by atoms with E-state index in [0.717, 1.165) is 12.1 Å². The van der Waals surface area contributed by atoms with Crippen molar-refractivity contribution in [2.75, 3.05) is 24.6 Å². The summed E-state index contributed by atoms with van der Waals surface area (Å²) in [5.74, 6) is -3.20. The predicted octanol–water partition coefficient (Wildman–Crippen LogP) is 1.87. The lowest BCUT2D eigenvalue weighted by Crippen LogP contribution is -2.27. The molecule has 4 nitrogen and oxygen atoms in total. The third kappa shape index (κ3) is 3.16. The second-order valence-corrected chi connectivity index (χ2v) is 3.75. The molecule has 0 bridgehead atoms. The van der Waals surface area contributed by atoms with Crippen molar-refractivity contribution >= 4 is 11.7 Å². The van der Waals surface area contributed by atoms with E-state index in [4.69, 9.17) is 10.2 Å². The number of carbonyl (C=O) groups is 1. The molecular weight excluding hydrogens is 244 g/mol. The number of nitrogens with zero attached hydrogens (tertiary/aromatic N) is 1. The quantitative estimate of drug-likeness (QED) is 0.818. The largest absolute Gasteiger partial charge is 0.478 e. The van der Waals surface area contributed by atoms with E-state index in [1.807, 2.05) is 0 Å². The molecule has 18 heavy (non-hydrogen) atoms. The molecule has 0 unspecified atom stereocenters. The van der Waals surface area contributed by atoms with E-state index in [9.17, 15) is 13.6 Å². The van der Waals surface area contributed by atoms with Crippen LogP contribution in [0, 0.1) is 11.6 Å². The van der Waals surface area contributed by atoms with Gasteiger partial charge in [-0.05, 0) is 25.5 Å². The fraction of sp³-hybridized carbons (Fsp3) is 0.417. The molecule has 100 valence electrons. The van der Waals surface area contributed by atoms with Crippen molar-refractivity contribution in [2.45, 2.75) is 13.3 Å². The van der Waals surface area contributed by atoms with Gasteiger partial charge in [-0.15, -0.1) is 0 Å². The fourth-order valence-electron chi connectivity index (χ4n) is 1.68. The second-order valence-electron chi connectivity index (χ2n) is 3.75. The minimum atomic E-state index is -1.38. The van der Waals surface area contributed by atoms with E-state index in [2.05, 4.69) is 0 Å². The Hall–Kier alpha value is -1.69. The summed E-state index contributed by atoms with van der Waals surface area (Å²) in [6, 6.07) is 1.59. The number of benzene rings is 1. The Bertz CT molecular complexity index is 414. The van der Waals surface area contributed by atoms with Crippen molar-refractivity contribution in [3.8, 4) is 0 Å². The first-order valence-electron chi connectivity index (χ1n) is 5.59. The first-order chi connectivity index (χ1) is 8.51. The molecule has 0 heterocycles. The van der Waals surface area contributed by atoms with Crippen LogP contribution in [0.1, 0.15) is 23.7 Å². The molecule has 0 fully saturated rings. The Kier molecular flexibility index (Phi) is 5.03. The average molecular weight is 259 g/mol. The van der Waals surface area contributed by atoms with Crippen molar-refractivity contribution in [3.63, 3.8) is 0 Å². The maximum atomic E-state index is 13.7. The summed E-state index contributed by atoms with van der Waals surface area (Å²) in [5, 5.41) is 17.4. The number of hydrogen-bond acceptors (Lipinski definition) is 3. The molecule has 2 N–H and O–H groups in total. The van der Waals surface area contributed by atoms with Crippen LogP contribution in [0.2, 0.25) is 0 Å². The van der Waals surface area contributed by atoms with Crippen LogP contribution in [0.4, 0.5) is 14.5 Å². The lowest BCUT2D eigenvalue weighted by Gasteiger charge is -2.23.